The number of nitrogens with zero attached hydrogens (tertiary/aromatic N) is 3. The SMILES string of the molecule is CC(=O)c1cc2c(cc1NC(=O)CN(C)Cc1c(C)nn([C@H]3CCS(=O)(=O)C3)c1C)OCO2. The van der Waals surface area contributed by atoms with Crippen molar-refractivity contribution >= 4 is 27.2 Å². The summed E-state index contributed by atoms with van der Waals surface area (Å²) in [4.78, 5) is 26.6. The van der Waals surface area contributed by atoms with Crippen molar-refractivity contribution in [3.8, 4) is 11.5 Å². The van der Waals surface area contributed by atoms with Crippen LogP contribution in [0.5, 0.6) is 11.5 Å². The Morgan fingerprint density at radius 2 is 1.94 bits per heavy atom. The number of aromatic nitrogens is 2. The molecule has 2 aliphatic rings. The second kappa shape index (κ2) is 8.79. The number of hydrogen-bond donors (Lipinski definition) is 1. The first-order chi connectivity index (χ1) is 15.5. The van der Waals surface area contributed by atoms with Crippen molar-refractivity contribution < 1.29 is 27.5 Å². The van der Waals surface area contributed by atoms with Crippen LogP contribution in [-0.4, -0.2) is 66.7 Å². The van der Waals surface area contributed by atoms with Gasteiger partial charge in [0.05, 0.1) is 35.5 Å². The lowest BCUT2D eigenvalue weighted by molar-refractivity contribution is -0.117. The molecule has 2 aromatic rings. The number of ether oxygens (including phenoxy) is 2. The van der Waals surface area contributed by atoms with Gasteiger partial charge in [0.25, 0.3) is 0 Å². The van der Waals surface area contributed by atoms with Gasteiger partial charge in [-0.15, -0.1) is 0 Å². The predicted octanol–water partition coefficient (Wildman–Crippen LogP) is 1.86. The van der Waals surface area contributed by atoms with Gasteiger partial charge in [-0.3, -0.25) is 19.2 Å². The molecule has 0 aliphatic carbocycles. The fourth-order valence-electron chi connectivity index (χ4n) is 4.35. The van der Waals surface area contributed by atoms with Crippen LogP contribution in [-0.2, 0) is 21.2 Å². The molecule has 4 rings (SSSR count). The Kier molecular flexibility index (Phi) is 6.19. The van der Waals surface area contributed by atoms with E-state index in [-0.39, 0.29) is 42.6 Å². The van der Waals surface area contributed by atoms with E-state index in [1.165, 1.54) is 6.92 Å². The lowest BCUT2D eigenvalue weighted by Gasteiger charge is -2.18. The van der Waals surface area contributed by atoms with Crippen LogP contribution in [0.2, 0.25) is 0 Å². The lowest BCUT2D eigenvalue weighted by Crippen LogP contribution is -2.30. The number of carbonyl (C=O) groups excluding carboxylic acids is 2. The summed E-state index contributed by atoms with van der Waals surface area (Å²) in [6.07, 6.45) is 0.565. The predicted molar refractivity (Wildman–Crippen MR) is 122 cm³/mol. The van der Waals surface area contributed by atoms with Gasteiger partial charge in [-0.2, -0.15) is 5.10 Å². The molecule has 1 aromatic carbocycles. The molecule has 1 N–H and O–H groups in total. The van der Waals surface area contributed by atoms with Crippen molar-refractivity contribution in [2.75, 3.05) is 37.2 Å². The molecule has 178 valence electrons. The highest BCUT2D eigenvalue weighted by Gasteiger charge is 2.31. The Balaban J connectivity index is 1.43. The van der Waals surface area contributed by atoms with Crippen molar-refractivity contribution in [2.24, 2.45) is 0 Å². The fraction of sp³-hybridized carbons (Fsp3) is 0.500. The molecule has 0 spiro atoms. The van der Waals surface area contributed by atoms with E-state index >= 15 is 0 Å². The van der Waals surface area contributed by atoms with Gasteiger partial charge in [-0.05, 0) is 40.3 Å². The number of rotatable bonds is 7. The quantitative estimate of drug-likeness (QED) is 0.602. The number of fused-ring (bicyclic) bond motifs is 1. The number of amides is 1. The highest BCUT2D eigenvalue weighted by atomic mass is 32.2. The number of Topliss-reactive ketones (excluding diaryl/α,β-unsaturated/α-hetero) is 1. The van der Waals surface area contributed by atoms with E-state index < -0.39 is 9.84 Å². The monoisotopic (exact) mass is 476 g/mol. The number of benzene rings is 1. The van der Waals surface area contributed by atoms with E-state index in [1.807, 2.05) is 30.5 Å². The van der Waals surface area contributed by atoms with E-state index in [9.17, 15) is 18.0 Å². The van der Waals surface area contributed by atoms with E-state index in [0.29, 0.717) is 35.7 Å². The Morgan fingerprint density at radius 1 is 1.24 bits per heavy atom. The first-order valence-corrected chi connectivity index (χ1v) is 12.5. The van der Waals surface area contributed by atoms with Crippen molar-refractivity contribution in [1.82, 2.24) is 14.7 Å². The van der Waals surface area contributed by atoms with Crippen LogP contribution < -0.4 is 14.8 Å². The van der Waals surface area contributed by atoms with Gasteiger partial charge >= 0.3 is 0 Å². The summed E-state index contributed by atoms with van der Waals surface area (Å²) in [5.74, 6) is 0.798. The first-order valence-electron chi connectivity index (χ1n) is 10.7. The number of sulfone groups is 1. The van der Waals surface area contributed by atoms with E-state index in [1.54, 1.807) is 12.1 Å². The molecule has 0 bridgehead atoms. The van der Waals surface area contributed by atoms with E-state index in [4.69, 9.17) is 9.47 Å². The van der Waals surface area contributed by atoms with Gasteiger partial charge in [0.2, 0.25) is 12.7 Å². The van der Waals surface area contributed by atoms with Gasteiger partial charge in [-0.25, -0.2) is 8.42 Å². The van der Waals surface area contributed by atoms with Crippen LogP contribution in [0.1, 0.15) is 46.7 Å². The van der Waals surface area contributed by atoms with Crippen LogP contribution in [0.15, 0.2) is 12.1 Å². The Morgan fingerprint density at radius 3 is 2.58 bits per heavy atom. The molecule has 10 nitrogen and oxygen atoms in total. The second-order valence-corrected chi connectivity index (χ2v) is 10.9. The van der Waals surface area contributed by atoms with Crippen molar-refractivity contribution in [1.29, 1.82) is 0 Å². The molecule has 11 heteroatoms. The molecule has 1 aromatic heterocycles. The zero-order valence-corrected chi connectivity index (χ0v) is 20.0. The molecule has 0 unspecified atom stereocenters. The number of aryl methyl sites for hydroxylation is 1. The molecule has 33 heavy (non-hydrogen) atoms. The molecule has 1 fully saturated rings. The lowest BCUT2D eigenvalue weighted by atomic mass is 10.1. The van der Waals surface area contributed by atoms with E-state index in [2.05, 4.69) is 10.4 Å². The number of ketones is 1. The number of nitrogens with one attached hydrogen (secondary N) is 1. The molecule has 0 saturated carbocycles. The number of carbonyl (C=O) groups is 2. The maximum atomic E-state index is 12.7. The molecule has 2 aliphatic heterocycles. The fourth-order valence-corrected chi connectivity index (χ4v) is 6.04. The highest BCUT2D eigenvalue weighted by molar-refractivity contribution is 7.91. The van der Waals surface area contributed by atoms with Gasteiger partial charge in [-0.1, -0.05) is 0 Å². The largest absolute Gasteiger partial charge is 0.454 e. The summed E-state index contributed by atoms with van der Waals surface area (Å²) < 4.78 is 36.2. The van der Waals surface area contributed by atoms with Gasteiger partial charge in [0.1, 0.15) is 0 Å². The third-order valence-corrected chi connectivity index (χ3v) is 7.79. The number of anilines is 1. The molecule has 3 heterocycles. The summed E-state index contributed by atoms with van der Waals surface area (Å²) >= 11 is 0. The smallest absolute Gasteiger partial charge is 0.238 e. The third-order valence-electron chi connectivity index (χ3n) is 6.04. The van der Waals surface area contributed by atoms with Crippen LogP contribution in [0.3, 0.4) is 0 Å². The average Bonchev–Trinajstić information content (AvgIpc) is 3.40. The number of hydrogen-bond acceptors (Lipinski definition) is 8. The minimum atomic E-state index is -3.01. The van der Waals surface area contributed by atoms with Crippen LogP contribution in [0, 0.1) is 13.8 Å². The third kappa shape index (κ3) is 4.88. The molecule has 1 amide bonds. The van der Waals surface area contributed by atoms with Crippen molar-refractivity contribution in [2.45, 2.75) is 39.8 Å². The normalized spacial score (nSPS) is 18.6. The van der Waals surface area contributed by atoms with Crippen LogP contribution in [0.25, 0.3) is 0 Å². The van der Waals surface area contributed by atoms with Crippen molar-refractivity contribution in [3.05, 3.63) is 34.6 Å². The summed E-state index contributed by atoms with van der Waals surface area (Å²) in [5.41, 5.74) is 3.44. The Hall–Kier alpha value is -2.92. The second-order valence-electron chi connectivity index (χ2n) is 8.68. The zero-order valence-electron chi connectivity index (χ0n) is 19.2. The van der Waals surface area contributed by atoms with Crippen LogP contribution in [0.4, 0.5) is 5.69 Å². The van der Waals surface area contributed by atoms with Crippen LogP contribution >= 0.6 is 0 Å². The average molecular weight is 477 g/mol. The minimum Gasteiger partial charge on any atom is -0.454 e. The summed E-state index contributed by atoms with van der Waals surface area (Å²) in [6, 6.07) is 3.03. The van der Waals surface area contributed by atoms with E-state index in [0.717, 1.165) is 17.0 Å². The number of likely N-dealkylation sites (N-methyl/N-ethyl adjacent to an activating group) is 1. The maximum Gasteiger partial charge on any atom is 0.238 e. The molecular weight excluding hydrogens is 448 g/mol. The zero-order chi connectivity index (χ0) is 23.9. The molecule has 1 saturated heterocycles. The first kappa shape index (κ1) is 23.2. The van der Waals surface area contributed by atoms with Crippen molar-refractivity contribution in [3.63, 3.8) is 0 Å². The Bertz CT molecular complexity index is 1220. The molecule has 1 atom stereocenters. The highest BCUT2D eigenvalue weighted by Crippen LogP contribution is 2.37. The maximum absolute atomic E-state index is 12.7. The minimum absolute atomic E-state index is 0.0754. The Labute approximate surface area is 192 Å². The van der Waals surface area contributed by atoms with Gasteiger partial charge in [0, 0.05) is 29.4 Å². The van der Waals surface area contributed by atoms with Gasteiger partial charge < -0.3 is 14.8 Å². The summed E-state index contributed by atoms with van der Waals surface area (Å²) in [6.45, 7) is 5.89. The molecular formula is C22H28N4O6S. The topological polar surface area (TPSA) is 120 Å². The van der Waals surface area contributed by atoms with Gasteiger partial charge in [0.15, 0.2) is 27.1 Å². The summed E-state index contributed by atoms with van der Waals surface area (Å²) in [7, 11) is -1.19. The standard InChI is InChI=1S/C22H28N4O6S/c1-13-18(14(2)26(24-13)16-5-6-33(29,30)11-16)9-25(4)10-22(28)23-19-8-21-20(31-12-32-21)7-17(19)15(3)27/h7-8,16H,5-6,9-12H2,1-4H3,(H,23,28)/t16-/m0/s1. The summed E-state index contributed by atoms with van der Waals surface area (Å²) in [5, 5.41) is 7.39. The molecule has 0 radical (unpaired) electrons.